The molecule has 0 radical (unpaired) electrons. The molecule has 4 heteroatoms. The zero-order valence-corrected chi connectivity index (χ0v) is 11.4. The van der Waals surface area contributed by atoms with Gasteiger partial charge in [-0.25, -0.2) is 9.13 Å². The molecule has 0 aliphatic rings. The van der Waals surface area contributed by atoms with Crippen LogP contribution in [0.2, 0.25) is 0 Å². The van der Waals surface area contributed by atoms with E-state index < -0.39 is 0 Å². The Bertz CT molecular complexity index is 661. The first-order valence-corrected chi connectivity index (χ1v) is 6.11. The van der Waals surface area contributed by atoms with Crippen LogP contribution in [0, 0.1) is 22.7 Å². The van der Waals surface area contributed by atoms with Crippen LogP contribution in [0.5, 0.6) is 0 Å². The zero-order chi connectivity index (χ0) is 14.5. The zero-order valence-electron chi connectivity index (χ0n) is 11.4. The molecule has 2 heterocycles. The normalized spacial score (nSPS) is 11.2. The van der Waals surface area contributed by atoms with Gasteiger partial charge in [0.05, 0.1) is 11.1 Å². The van der Waals surface area contributed by atoms with E-state index in [9.17, 15) is 10.5 Å². The Labute approximate surface area is 118 Å². The Morgan fingerprint density at radius 1 is 0.750 bits per heavy atom. The first kappa shape index (κ1) is 13.5. The lowest BCUT2D eigenvalue weighted by molar-refractivity contribution is -0.671. The fourth-order valence-corrected chi connectivity index (χ4v) is 1.86. The van der Waals surface area contributed by atoms with Crippen molar-refractivity contribution in [3.8, 4) is 12.1 Å². The van der Waals surface area contributed by atoms with Crippen LogP contribution in [0.1, 0.15) is 11.1 Å². The Balaban J connectivity index is 2.60. The smallest absolute Gasteiger partial charge is 0.169 e. The van der Waals surface area contributed by atoms with E-state index in [2.05, 4.69) is 12.1 Å². The van der Waals surface area contributed by atoms with Crippen LogP contribution in [0.4, 0.5) is 0 Å². The van der Waals surface area contributed by atoms with Gasteiger partial charge in [0.25, 0.3) is 0 Å². The first-order valence-electron chi connectivity index (χ1n) is 6.11. The van der Waals surface area contributed by atoms with Gasteiger partial charge in [-0.1, -0.05) is 0 Å². The molecule has 0 aromatic carbocycles. The number of rotatable bonds is 2. The Kier molecular flexibility index (Phi) is 3.88. The molecule has 0 atom stereocenters. The summed E-state index contributed by atoms with van der Waals surface area (Å²) in [6.07, 6.45) is 7.42. The highest BCUT2D eigenvalue weighted by molar-refractivity contribution is 6.02. The third-order valence-electron chi connectivity index (χ3n) is 3.01. The molecule has 2 aromatic heterocycles. The second-order valence-electron chi connectivity index (χ2n) is 4.48. The van der Waals surface area contributed by atoms with Crippen molar-refractivity contribution in [1.82, 2.24) is 0 Å². The molecular formula is C16H14N4+2. The van der Waals surface area contributed by atoms with E-state index in [0.29, 0.717) is 11.1 Å². The van der Waals surface area contributed by atoms with Crippen LogP contribution in [-0.2, 0) is 14.1 Å². The topological polar surface area (TPSA) is 55.3 Å². The summed E-state index contributed by atoms with van der Waals surface area (Å²) >= 11 is 0. The van der Waals surface area contributed by atoms with E-state index in [1.54, 1.807) is 0 Å². The Morgan fingerprint density at radius 3 is 1.30 bits per heavy atom. The lowest BCUT2D eigenvalue weighted by Crippen LogP contribution is -2.26. The molecule has 0 N–H and O–H groups in total. The molecule has 0 aliphatic carbocycles. The lowest BCUT2D eigenvalue weighted by Gasteiger charge is -2.02. The molecule has 2 rings (SSSR count). The third-order valence-corrected chi connectivity index (χ3v) is 3.01. The molecule has 2 aromatic rings. The molecule has 96 valence electrons. The predicted molar refractivity (Wildman–Crippen MR) is 73.3 cm³/mol. The second kappa shape index (κ2) is 5.77. The number of hydrogen-bond donors (Lipinski definition) is 0. The van der Waals surface area contributed by atoms with Gasteiger partial charge in [-0.05, 0) is 0 Å². The van der Waals surface area contributed by atoms with Crippen LogP contribution in [-0.4, -0.2) is 0 Å². The standard InChI is InChI=1S/C16H14N4/c1-19-7-3-13(4-8-19)15(11-17)16(12-18)14-5-9-20(2)10-6-14/h3-10H,1-2H3/q+2/b16-15+. The van der Waals surface area contributed by atoms with Gasteiger partial charge in [0.15, 0.2) is 24.8 Å². The molecule has 4 nitrogen and oxygen atoms in total. The maximum atomic E-state index is 9.40. The molecule has 0 unspecified atom stereocenters. The summed E-state index contributed by atoms with van der Waals surface area (Å²) in [7, 11) is 3.81. The largest absolute Gasteiger partial charge is 0.208 e. The maximum absolute atomic E-state index is 9.40. The highest BCUT2D eigenvalue weighted by atomic mass is 14.9. The number of nitriles is 2. The summed E-state index contributed by atoms with van der Waals surface area (Å²) in [5.74, 6) is 0. The van der Waals surface area contributed by atoms with Crippen molar-refractivity contribution < 1.29 is 9.13 Å². The third kappa shape index (κ3) is 2.71. The number of allylic oxidation sites excluding steroid dienone is 2. The summed E-state index contributed by atoms with van der Waals surface area (Å²) in [6, 6.07) is 11.6. The molecule has 0 bridgehead atoms. The molecule has 0 aliphatic heterocycles. The molecule has 0 amide bonds. The van der Waals surface area contributed by atoms with Crippen LogP contribution in [0.3, 0.4) is 0 Å². The van der Waals surface area contributed by atoms with Gasteiger partial charge in [0, 0.05) is 35.4 Å². The van der Waals surface area contributed by atoms with E-state index in [-0.39, 0.29) is 0 Å². The van der Waals surface area contributed by atoms with Crippen molar-refractivity contribution in [2.75, 3.05) is 0 Å². The number of nitrogens with zero attached hydrogens (tertiary/aromatic N) is 4. The maximum Gasteiger partial charge on any atom is 0.169 e. The summed E-state index contributed by atoms with van der Waals surface area (Å²) in [4.78, 5) is 0. The van der Waals surface area contributed by atoms with E-state index in [1.807, 2.05) is 72.3 Å². The van der Waals surface area contributed by atoms with Crippen LogP contribution >= 0.6 is 0 Å². The molecule has 0 spiro atoms. The number of aromatic nitrogens is 2. The van der Waals surface area contributed by atoms with Gasteiger partial charge in [-0.2, -0.15) is 10.5 Å². The minimum absolute atomic E-state index is 0.391. The summed E-state index contributed by atoms with van der Waals surface area (Å²) in [5.41, 5.74) is 2.27. The molecule has 0 saturated carbocycles. The van der Waals surface area contributed by atoms with Crippen molar-refractivity contribution in [1.29, 1.82) is 10.5 Å². The summed E-state index contributed by atoms with van der Waals surface area (Å²) < 4.78 is 3.76. The number of pyridine rings is 2. The number of hydrogen-bond acceptors (Lipinski definition) is 2. The number of aryl methyl sites for hydroxylation is 2. The molecule has 20 heavy (non-hydrogen) atoms. The van der Waals surface area contributed by atoms with Gasteiger partial charge >= 0.3 is 0 Å². The fourth-order valence-electron chi connectivity index (χ4n) is 1.86. The first-order chi connectivity index (χ1) is 9.65. The fraction of sp³-hybridized carbons (Fsp3) is 0.125. The van der Waals surface area contributed by atoms with Crippen molar-refractivity contribution in [3.63, 3.8) is 0 Å². The van der Waals surface area contributed by atoms with Crippen molar-refractivity contribution >= 4 is 11.1 Å². The van der Waals surface area contributed by atoms with Crippen molar-refractivity contribution in [3.05, 3.63) is 60.2 Å². The van der Waals surface area contributed by atoms with E-state index in [1.165, 1.54) is 0 Å². The van der Waals surface area contributed by atoms with Gasteiger partial charge < -0.3 is 0 Å². The van der Waals surface area contributed by atoms with E-state index >= 15 is 0 Å². The highest BCUT2D eigenvalue weighted by Crippen LogP contribution is 2.24. The summed E-state index contributed by atoms with van der Waals surface area (Å²) in [5, 5.41) is 18.8. The van der Waals surface area contributed by atoms with Gasteiger partial charge in [0.2, 0.25) is 0 Å². The second-order valence-corrected chi connectivity index (χ2v) is 4.48. The van der Waals surface area contributed by atoms with E-state index in [0.717, 1.165) is 11.1 Å². The van der Waals surface area contributed by atoms with Gasteiger partial charge in [-0.3, -0.25) is 0 Å². The SMILES string of the molecule is C[n+]1ccc(/C(C#N)=C(\C#N)c2cc[n+](C)cc2)cc1. The minimum Gasteiger partial charge on any atom is -0.208 e. The van der Waals surface area contributed by atoms with Crippen molar-refractivity contribution in [2.24, 2.45) is 14.1 Å². The molecule has 0 fully saturated rings. The molecule has 0 saturated heterocycles. The quantitative estimate of drug-likeness (QED) is 0.605. The minimum atomic E-state index is 0.391. The Morgan fingerprint density at radius 2 is 1.05 bits per heavy atom. The monoisotopic (exact) mass is 262 g/mol. The van der Waals surface area contributed by atoms with E-state index in [4.69, 9.17) is 0 Å². The average Bonchev–Trinajstić information content (AvgIpc) is 2.47. The average molecular weight is 262 g/mol. The van der Waals surface area contributed by atoms with Gasteiger partial charge in [0.1, 0.15) is 26.2 Å². The Hall–Kier alpha value is -2.98. The van der Waals surface area contributed by atoms with Gasteiger partial charge in [-0.15, -0.1) is 0 Å². The van der Waals surface area contributed by atoms with Crippen LogP contribution in [0.25, 0.3) is 11.1 Å². The summed E-state index contributed by atoms with van der Waals surface area (Å²) in [6.45, 7) is 0. The lowest BCUT2D eigenvalue weighted by atomic mass is 9.98. The van der Waals surface area contributed by atoms with Crippen LogP contribution < -0.4 is 9.13 Å². The highest BCUT2D eigenvalue weighted by Gasteiger charge is 2.13. The molecular weight excluding hydrogens is 248 g/mol. The van der Waals surface area contributed by atoms with Crippen LogP contribution in [0.15, 0.2) is 49.1 Å². The van der Waals surface area contributed by atoms with Crippen molar-refractivity contribution in [2.45, 2.75) is 0 Å². The predicted octanol–water partition coefficient (Wildman–Crippen LogP) is 1.29.